The van der Waals surface area contributed by atoms with Gasteiger partial charge in [-0.1, -0.05) is 0 Å². The van der Waals surface area contributed by atoms with E-state index in [0.29, 0.717) is 6.04 Å². The van der Waals surface area contributed by atoms with Crippen molar-refractivity contribution in [3.05, 3.63) is 0 Å². The first-order valence-corrected chi connectivity index (χ1v) is 4.47. The SMILES string of the molecule is O=C(O)C1CCN2CCC(C2)N1. The van der Waals surface area contributed by atoms with Gasteiger partial charge in [-0.15, -0.1) is 0 Å². The molecule has 2 aliphatic rings. The summed E-state index contributed by atoms with van der Waals surface area (Å²) in [5.41, 5.74) is 0. The van der Waals surface area contributed by atoms with Gasteiger partial charge in [-0.25, -0.2) is 0 Å². The molecule has 0 aromatic rings. The van der Waals surface area contributed by atoms with Crippen LogP contribution in [0.2, 0.25) is 0 Å². The quantitative estimate of drug-likeness (QED) is 0.557. The maximum Gasteiger partial charge on any atom is 0.320 e. The lowest BCUT2D eigenvalue weighted by Crippen LogP contribution is -2.42. The number of hydrogen-bond acceptors (Lipinski definition) is 3. The number of nitrogens with one attached hydrogen (secondary N) is 1. The molecule has 3 atom stereocenters. The van der Waals surface area contributed by atoms with Crippen LogP contribution in [0.3, 0.4) is 0 Å². The normalized spacial score (nSPS) is 40.8. The smallest absolute Gasteiger partial charge is 0.320 e. The Balaban J connectivity index is 2.00. The van der Waals surface area contributed by atoms with Crippen LogP contribution in [0.25, 0.3) is 0 Å². The predicted octanol–water partition coefficient (Wildman–Crippen LogP) is -0.493. The summed E-state index contributed by atoms with van der Waals surface area (Å²) in [7, 11) is 0. The third-order valence-corrected chi connectivity index (χ3v) is 2.74. The molecule has 4 heteroatoms. The molecule has 2 aliphatic heterocycles. The van der Waals surface area contributed by atoms with Gasteiger partial charge in [-0.3, -0.25) is 4.79 Å². The predicted molar refractivity (Wildman–Crippen MR) is 44.0 cm³/mol. The van der Waals surface area contributed by atoms with Crippen LogP contribution in [0, 0.1) is 0 Å². The van der Waals surface area contributed by atoms with Crippen LogP contribution in [0.1, 0.15) is 12.8 Å². The van der Waals surface area contributed by atoms with Gasteiger partial charge in [-0.2, -0.15) is 0 Å². The van der Waals surface area contributed by atoms with Crippen LogP contribution in [-0.2, 0) is 4.79 Å². The molecule has 2 rings (SSSR count). The Morgan fingerprint density at radius 3 is 2.92 bits per heavy atom. The fraction of sp³-hybridized carbons (Fsp3) is 0.875. The highest BCUT2D eigenvalue weighted by Gasteiger charge is 2.31. The lowest BCUT2D eigenvalue weighted by Gasteiger charge is -2.17. The highest BCUT2D eigenvalue weighted by atomic mass is 16.4. The number of carbonyl (C=O) groups is 1. The summed E-state index contributed by atoms with van der Waals surface area (Å²) in [6.07, 6.45) is 1.84. The minimum absolute atomic E-state index is 0.319. The summed E-state index contributed by atoms with van der Waals surface area (Å²) >= 11 is 0. The summed E-state index contributed by atoms with van der Waals surface area (Å²) in [6.45, 7) is 3.09. The molecule has 0 aliphatic carbocycles. The average Bonchev–Trinajstić information content (AvgIpc) is 2.29. The molecule has 2 N–H and O–H groups in total. The lowest BCUT2D eigenvalue weighted by atomic mass is 10.1. The van der Waals surface area contributed by atoms with Crippen molar-refractivity contribution in [1.82, 2.24) is 10.2 Å². The number of aliphatic carboxylic acids is 1. The summed E-state index contributed by atoms with van der Waals surface area (Å²) in [6, 6.07) is 0.0916. The fourth-order valence-corrected chi connectivity index (χ4v) is 2.05. The Kier molecular flexibility index (Phi) is 2.02. The van der Waals surface area contributed by atoms with E-state index in [-0.39, 0.29) is 6.04 Å². The van der Waals surface area contributed by atoms with Crippen LogP contribution in [0.15, 0.2) is 0 Å². The number of hydrogen-bond donors (Lipinski definition) is 2. The molecular formula is C8H14N2O2. The van der Waals surface area contributed by atoms with E-state index in [1.165, 1.54) is 0 Å². The van der Waals surface area contributed by atoms with E-state index >= 15 is 0 Å². The minimum atomic E-state index is -0.705. The number of nitrogens with zero attached hydrogens (tertiary/aromatic N) is 1. The molecule has 2 saturated heterocycles. The van der Waals surface area contributed by atoms with Crippen LogP contribution in [0.4, 0.5) is 0 Å². The highest BCUT2D eigenvalue weighted by molar-refractivity contribution is 5.73. The Hall–Kier alpha value is -0.610. The highest BCUT2D eigenvalue weighted by Crippen LogP contribution is 2.15. The van der Waals surface area contributed by atoms with Crippen molar-refractivity contribution in [2.75, 3.05) is 19.6 Å². The van der Waals surface area contributed by atoms with Gasteiger partial charge >= 0.3 is 5.97 Å². The van der Waals surface area contributed by atoms with E-state index in [1.807, 2.05) is 0 Å². The van der Waals surface area contributed by atoms with Crippen molar-refractivity contribution in [2.45, 2.75) is 24.9 Å². The van der Waals surface area contributed by atoms with Gasteiger partial charge in [0, 0.05) is 19.1 Å². The monoisotopic (exact) mass is 170 g/mol. The molecule has 0 radical (unpaired) electrons. The first kappa shape index (κ1) is 8.01. The van der Waals surface area contributed by atoms with Gasteiger partial charge in [0.25, 0.3) is 0 Å². The molecular weight excluding hydrogens is 156 g/mol. The second-order valence-electron chi connectivity index (χ2n) is 3.63. The van der Waals surface area contributed by atoms with Crippen LogP contribution < -0.4 is 5.32 Å². The van der Waals surface area contributed by atoms with Crippen LogP contribution in [-0.4, -0.2) is 47.7 Å². The molecule has 2 heterocycles. The van der Waals surface area contributed by atoms with E-state index in [0.717, 1.165) is 32.5 Å². The van der Waals surface area contributed by atoms with Gasteiger partial charge in [0.2, 0.25) is 0 Å². The first-order valence-electron chi connectivity index (χ1n) is 4.47. The number of fused-ring (bicyclic) bond motifs is 2. The minimum Gasteiger partial charge on any atom is -0.480 e. The van der Waals surface area contributed by atoms with Crippen molar-refractivity contribution >= 4 is 5.97 Å². The molecule has 0 aromatic carbocycles. The second kappa shape index (κ2) is 3.03. The van der Waals surface area contributed by atoms with Gasteiger partial charge in [0.05, 0.1) is 0 Å². The van der Waals surface area contributed by atoms with Crippen LogP contribution in [0.5, 0.6) is 0 Å². The van der Waals surface area contributed by atoms with E-state index in [4.69, 9.17) is 5.11 Å². The van der Waals surface area contributed by atoms with Gasteiger partial charge in [0.15, 0.2) is 0 Å². The van der Waals surface area contributed by atoms with Crippen molar-refractivity contribution < 1.29 is 9.90 Å². The summed E-state index contributed by atoms with van der Waals surface area (Å²) in [5, 5.41) is 12.0. The molecule has 12 heavy (non-hydrogen) atoms. The molecule has 68 valence electrons. The summed E-state index contributed by atoms with van der Waals surface area (Å²) < 4.78 is 0. The zero-order valence-corrected chi connectivity index (χ0v) is 6.99. The molecule has 2 fully saturated rings. The average molecular weight is 170 g/mol. The fourth-order valence-electron chi connectivity index (χ4n) is 2.05. The third-order valence-electron chi connectivity index (χ3n) is 2.74. The summed E-state index contributed by atoms with van der Waals surface area (Å²) in [5.74, 6) is -0.705. The largest absolute Gasteiger partial charge is 0.480 e. The molecule has 0 spiro atoms. The zero-order valence-electron chi connectivity index (χ0n) is 6.99. The second-order valence-corrected chi connectivity index (χ2v) is 3.63. The van der Waals surface area contributed by atoms with Gasteiger partial charge in [0.1, 0.15) is 6.04 Å². The molecule has 2 bridgehead atoms. The Morgan fingerprint density at radius 2 is 2.17 bits per heavy atom. The molecule has 0 amide bonds. The Bertz CT molecular complexity index is 195. The number of carboxylic acid groups (broad SMARTS) is 1. The maximum atomic E-state index is 10.7. The zero-order chi connectivity index (χ0) is 8.55. The Labute approximate surface area is 71.5 Å². The van der Waals surface area contributed by atoms with E-state index in [2.05, 4.69) is 10.2 Å². The Morgan fingerprint density at radius 1 is 1.42 bits per heavy atom. The number of carboxylic acids is 1. The molecule has 0 saturated carbocycles. The number of rotatable bonds is 1. The standard InChI is InChI=1S/C8H14N2O2/c11-8(12)7-2-4-10-3-1-6(5-10)9-7/h6-7,9H,1-5H2,(H,11,12). The summed E-state index contributed by atoms with van der Waals surface area (Å²) in [4.78, 5) is 13.0. The van der Waals surface area contributed by atoms with Gasteiger partial charge in [-0.05, 0) is 19.4 Å². The van der Waals surface area contributed by atoms with E-state index in [9.17, 15) is 4.79 Å². The first-order chi connectivity index (χ1) is 5.75. The van der Waals surface area contributed by atoms with E-state index in [1.54, 1.807) is 0 Å². The van der Waals surface area contributed by atoms with Gasteiger partial charge < -0.3 is 15.3 Å². The molecule has 4 nitrogen and oxygen atoms in total. The topological polar surface area (TPSA) is 52.6 Å². The van der Waals surface area contributed by atoms with Crippen molar-refractivity contribution in [1.29, 1.82) is 0 Å². The van der Waals surface area contributed by atoms with Crippen molar-refractivity contribution in [2.24, 2.45) is 0 Å². The van der Waals surface area contributed by atoms with Crippen LogP contribution >= 0.6 is 0 Å². The maximum absolute atomic E-state index is 10.7. The molecule has 0 aromatic heterocycles. The molecule has 3 unspecified atom stereocenters. The van der Waals surface area contributed by atoms with Crippen molar-refractivity contribution in [3.63, 3.8) is 0 Å². The third kappa shape index (κ3) is 1.44. The lowest BCUT2D eigenvalue weighted by molar-refractivity contribution is -0.139. The van der Waals surface area contributed by atoms with E-state index < -0.39 is 5.97 Å². The van der Waals surface area contributed by atoms with Crippen molar-refractivity contribution in [3.8, 4) is 0 Å².